The molecule has 2 rings (SSSR count). The van der Waals surface area contributed by atoms with Gasteiger partial charge in [-0.25, -0.2) is 10.4 Å². The fraction of sp³-hybridized carbons (Fsp3) is 0.200. The summed E-state index contributed by atoms with van der Waals surface area (Å²) in [7, 11) is 0. The van der Waals surface area contributed by atoms with Crippen LogP contribution in [-0.4, -0.2) is 27.4 Å². The molecule has 0 spiro atoms. The van der Waals surface area contributed by atoms with Crippen molar-refractivity contribution in [2.24, 2.45) is 10.8 Å². The number of hydrogen-bond acceptors (Lipinski definition) is 5. The zero-order valence-electron chi connectivity index (χ0n) is 9.80. The van der Waals surface area contributed by atoms with Gasteiger partial charge < -0.3 is 5.73 Å². The topological polar surface area (TPSA) is 102 Å². The van der Waals surface area contributed by atoms with Crippen molar-refractivity contribution in [1.29, 1.82) is 0 Å². The number of carbonyl (C=O) groups excluding carboxylic acids is 2. The highest BCUT2D eigenvalue weighted by Crippen LogP contribution is 2.18. The lowest BCUT2D eigenvalue weighted by Gasteiger charge is -1.96. The highest BCUT2D eigenvalue weighted by molar-refractivity contribution is 7.15. The first kappa shape index (κ1) is 12.2. The van der Waals surface area contributed by atoms with E-state index >= 15 is 0 Å². The van der Waals surface area contributed by atoms with Crippen LogP contribution < -0.4 is 11.2 Å². The van der Waals surface area contributed by atoms with E-state index in [0.717, 1.165) is 22.0 Å². The average molecular weight is 265 g/mol. The van der Waals surface area contributed by atoms with E-state index in [1.807, 2.05) is 29.1 Å². The van der Waals surface area contributed by atoms with Gasteiger partial charge in [-0.2, -0.15) is 5.10 Å². The van der Waals surface area contributed by atoms with Crippen molar-refractivity contribution >= 4 is 34.3 Å². The summed E-state index contributed by atoms with van der Waals surface area (Å²) >= 11 is 1.52. The monoisotopic (exact) mass is 265 g/mol. The molecule has 0 aliphatic carbocycles. The first-order valence-electron chi connectivity index (χ1n) is 5.06. The SMILES string of the molecule is Cc1nc2scc(C)n2c1/C=N\NC(=O)C(N)=O. The molecule has 0 aliphatic rings. The van der Waals surface area contributed by atoms with Crippen LogP contribution in [0.1, 0.15) is 17.1 Å². The first-order chi connectivity index (χ1) is 8.50. The molecule has 2 amide bonds. The second-order valence-corrected chi connectivity index (χ2v) is 4.48. The van der Waals surface area contributed by atoms with Gasteiger partial charge in [-0.05, 0) is 13.8 Å². The van der Waals surface area contributed by atoms with Gasteiger partial charge in [0.05, 0.1) is 17.6 Å². The van der Waals surface area contributed by atoms with Crippen molar-refractivity contribution < 1.29 is 9.59 Å². The Kier molecular flexibility index (Phi) is 3.11. The van der Waals surface area contributed by atoms with Crippen LogP contribution in [0.4, 0.5) is 0 Å². The minimum atomic E-state index is -1.07. The molecule has 0 aromatic carbocycles. The van der Waals surface area contributed by atoms with E-state index in [1.54, 1.807) is 0 Å². The number of hydrazone groups is 1. The summed E-state index contributed by atoms with van der Waals surface area (Å²) < 4.78 is 1.92. The molecular weight excluding hydrogens is 254 g/mol. The molecule has 0 radical (unpaired) electrons. The number of hydrogen-bond donors (Lipinski definition) is 2. The number of fused-ring (bicyclic) bond motifs is 1. The Morgan fingerprint density at radius 2 is 2.28 bits per heavy atom. The molecule has 0 aliphatic heterocycles. The van der Waals surface area contributed by atoms with Crippen LogP contribution in [0.5, 0.6) is 0 Å². The summed E-state index contributed by atoms with van der Waals surface area (Å²) in [6.07, 6.45) is 1.44. The van der Waals surface area contributed by atoms with E-state index in [4.69, 9.17) is 5.73 Å². The van der Waals surface area contributed by atoms with E-state index < -0.39 is 11.8 Å². The number of amides is 2. The highest BCUT2D eigenvalue weighted by atomic mass is 32.1. The Labute approximate surface area is 106 Å². The molecule has 8 heteroatoms. The van der Waals surface area contributed by atoms with Crippen molar-refractivity contribution in [2.75, 3.05) is 0 Å². The van der Waals surface area contributed by atoms with Crippen molar-refractivity contribution in [3.05, 3.63) is 22.5 Å². The van der Waals surface area contributed by atoms with Gasteiger partial charge in [0.1, 0.15) is 0 Å². The Balaban J connectivity index is 2.28. The van der Waals surface area contributed by atoms with Gasteiger partial charge in [-0.3, -0.25) is 14.0 Å². The van der Waals surface area contributed by atoms with Gasteiger partial charge >= 0.3 is 11.8 Å². The summed E-state index contributed by atoms with van der Waals surface area (Å²) in [6, 6.07) is 0. The van der Waals surface area contributed by atoms with Gasteiger partial charge in [-0.1, -0.05) is 0 Å². The Bertz CT molecular complexity index is 655. The molecule has 0 fully saturated rings. The number of nitrogens with zero attached hydrogens (tertiary/aromatic N) is 3. The minimum Gasteiger partial charge on any atom is -0.361 e. The van der Waals surface area contributed by atoms with Crippen LogP contribution in [0.25, 0.3) is 4.96 Å². The maximum absolute atomic E-state index is 10.9. The van der Waals surface area contributed by atoms with E-state index in [0.29, 0.717) is 0 Å². The predicted molar refractivity (Wildman–Crippen MR) is 67.5 cm³/mol. The van der Waals surface area contributed by atoms with Crippen LogP contribution in [-0.2, 0) is 9.59 Å². The second kappa shape index (κ2) is 4.57. The molecule has 94 valence electrons. The maximum Gasteiger partial charge on any atom is 0.329 e. The highest BCUT2D eigenvalue weighted by Gasteiger charge is 2.11. The molecule has 2 aromatic heterocycles. The summed E-state index contributed by atoms with van der Waals surface area (Å²) in [5, 5.41) is 5.66. The van der Waals surface area contributed by atoms with E-state index in [-0.39, 0.29) is 0 Å². The van der Waals surface area contributed by atoms with Crippen molar-refractivity contribution in [2.45, 2.75) is 13.8 Å². The van der Waals surface area contributed by atoms with Gasteiger partial charge in [0.15, 0.2) is 4.96 Å². The number of aromatic nitrogens is 2. The lowest BCUT2D eigenvalue weighted by atomic mass is 10.3. The Morgan fingerprint density at radius 1 is 1.56 bits per heavy atom. The fourth-order valence-corrected chi connectivity index (χ4v) is 2.40. The quantitative estimate of drug-likeness (QED) is 0.452. The summed E-state index contributed by atoms with van der Waals surface area (Å²) in [5.74, 6) is -2.03. The maximum atomic E-state index is 10.9. The number of aryl methyl sites for hydroxylation is 2. The molecule has 0 unspecified atom stereocenters. The van der Waals surface area contributed by atoms with Crippen LogP contribution in [0.15, 0.2) is 10.5 Å². The zero-order chi connectivity index (χ0) is 13.3. The molecule has 0 saturated heterocycles. The molecule has 3 N–H and O–H groups in total. The molecule has 7 nitrogen and oxygen atoms in total. The number of nitrogens with one attached hydrogen (secondary N) is 1. The predicted octanol–water partition coefficient (Wildman–Crippen LogP) is -0.0520. The molecule has 0 saturated carbocycles. The average Bonchev–Trinajstić information content (AvgIpc) is 2.80. The second-order valence-electron chi connectivity index (χ2n) is 3.64. The largest absolute Gasteiger partial charge is 0.361 e. The van der Waals surface area contributed by atoms with Crippen molar-refractivity contribution in [1.82, 2.24) is 14.8 Å². The molecule has 2 heterocycles. The Morgan fingerprint density at radius 3 is 2.94 bits per heavy atom. The molecule has 0 bridgehead atoms. The molecule has 18 heavy (non-hydrogen) atoms. The van der Waals surface area contributed by atoms with Gasteiger partial charge in [0, 0.05) is 11.1 Å². The number of primary amides is 1. The van der Waals surface area contributed by atoms with Gasteiger partial charge in [0.25, 0.3) is 0 Å². The molecular formula is C10H11N5O2S. The van der Waals surface area contributed by atoms with Gasteiger partial charge in [-0.15, -0.1) is 11.3 Å². The minimum absolute atomic E-state index is 0.758. The molecule has 0 atom stereocenters. The standard InChI is InChI=1S/C10H11N5O2S/c1-5-4-18-10-13-6(2)7(15(5)10)3-12-14-9(17)8(11)16/h3-4H,1-2H3,(H2,11,16)(H,14,17)/b12-3-. The normalized spacial score (nSPS) is 11.2. The number of rotatable bonds is 2. The lowest BCUT2D eigenvalue weighted by Crippen LogP contribution is -2.32. The van der Waals surface area contributed by atoms with E-state index in [1.165, 1.54) is 17.6 Å². The van der Waals surface area contributed by atoms with Crippen molar-refractivity contribution in [3.8, 4) is 0 Å². The first-order valence-corrected chi connectivity index (χ1v) is 5.94. The zero-order valence-corrected chi connectivity index (χ0v) is 10.6. The number of nitrogens with two attached hydrogens (primary N) is 1. The lowest BCUT2D eigenvalue weighted by molar-refractivity contribution is -0.137. The van der Waals surface area contributed by atoms with Crippen LogP contribution >= 0.6 is 11.3 Å². The number of thiazole rings is 1. The Hall–Kier alpha value is -2.22. The summed E-state index contributed by atoms with van der Waals surface area (Å²) in [6.45, 7) is 3.79. The van der Waals surface area contributed by atoms with Crippen LogP contribution in [0.2, 0.25) is 0 Å². The fourth-order valence-electron chi connectivity index (χ4n) is 1.48. The van der Waals surface area contributed by atoms with Crippen LogP contribution in [0, 0.1) is 13.8 Å². The van der Waals surface area contributed by atoms with E-state index in [2.05, 4.69) is 10.1 Å². The van der Waals surface area contributed by atoms with Crippen molar-refractivity contribution in [3.63, 3.8) is 0 Å². The molecule has 2 aromatic rings. The smallest absolute Gasteiger partial charge is 0.329 e. The summed E-state index contributed by atoms with van der Waals surface area (Å²) in [5.41, 5.74) is 9.40. The number of carbonyl (C=O) groups is 2. The third kappa shape index (κ3) is 2.09. The van der Waals surface area contributed by atoms with Crippen LogP contribution in [0.3, 0.4) is 0 Å². The third-order valence-corrected chi connectivity index (χ3v) is 3.27. The van der Waals surface area contributed by atoms with E-state index in [9.17, 15) is 9.59 Å². The third-order valence-electron chi connectivity index (χ3n) is 2.33. The van der Waals surface area contributed by atoms with Gasteiger partial charge in [0.2, 0.25) is 0 Å². The summed E-state index contributed by atoms with van der Waals surface area (Å²) in [4.78, 5) is 26.6. The number of imidazole rings is 1.